The second-order valence-corrected chi connectivity index (χ2v) is 10.2. The average molecular weight is 529 g/mol. The molecule has 2 aliphatic heterocycles. The van der Waals surface area contributed by atoms with Gasteiger partial charge in [0.15, 0.2) is 23.0 Å². The van der Waals surface area contributed by atoms with Gasteiger partial charge in [-0.15, -0.1) is 0 Å². The minimum Gasteiger partial charge on any atom is -0.485 e. The first-order valence-electron chi connectivity index (χ1n) is 13.6. The lowest BCUT2D eigenvalue weighted by atomic mass is 9.94. The van der Waals surface area contributed by atoms with Crippen LogP contribution in [-0.2, 0) is 16.1 Å². The van der Waals surface area contributed by atoms with Crippen molar-refractivity contribution in [1.82, 2.24) is 10.2 Å². The summed E-state index contributed by atoms with van der Waals surface area (Å²) < 4.78 is 23.0. The maximum absolute atomic E-state index is 14.2. The standard InChI is InChI=1S/C31H32N2O6/c34-30(32-23-11-5-2-6-12-23)29(22-9-3-1-4-10-22)33(18-21-15-16-25-27(17-21)38-20-37-25)31(35)28-19-36-24-13-7-8-14-26(24)39-28/h1,3-4,7-10,13-17,23,28-29H,2,5-6,11-12,18-20H2,(H,32,34). The van der Waals surface area contributed by atoms with E-state index < -0.39 is 12.1 Å². The summed E-state index contributed by atoms with van der Waals surface area (Å²) in [6.07, 6.45) is 4.35. The molecule has 2 amide bonds. The van der Waals surface area contributed by atoms with Crippen molar-refractivity contribution in [1.29, 1.82) is 0 Å². The van der Waals surface area contributed by atoms with Crippen LogP contribution in [0, 0.1) is 0 Å². The normalized spacial score (nSPS) is 18.7. The van der Waals surface area contributed by atoms with Crippen LogP contribution in [0.5, 0.6) is 23.0 Å². The van der Waals surface area contributed by atoms with Crippen molar-refractivity contribution in [3.8, 4) is 23.0 Å². The molecule has 0 aromatic heterocycles. The quantitative estimate of drug-likeness (QED) is 0.475. The zero-order valence-electron chi connectivity index (χ0n) is 21.7. The van der Waals surface area contributed by atoms with Gasteiger partial charge in [0, 0.05) is 12.6 Å². The third-order valence-electron chi connectivity index (χ3n) is 7.48. The van der Waals surface area contributed by atoms with Gasteiger partial charge in [-0.2, -0.15) is 0 Å². The highest BCUT2D eigenvalue weighted by Crippen LogP contribution is 2.36. The maximum Gasteiger partial charge on any atom is 0.268 e. The average Bonchev–Trinajstić information content (AvgIpc) is 3.45. The highest BCUT2D eigenvalue weighted by molar-refractivity contribution is 5.91. The van der Waals surface area contributed by atoms with Gasteiger partial charge in [0.1, 0.15) is 12.6 Å². The van der Waals surface area contributed by atoms with E-state index in [1.54, 1.807) is 11.0 Å². The Balaban J connectivity index is 1.35. The van der Waals surface area contributed by atoms with Gasteiger partial charge in [-0.3, -0.25) is 9.59 Å². The van der Waals surface area contributed by atoms with Crippen molar-refractivity contribution in [2.45, 2.75) is 56.8 Å². The Kier molecular flexibility index (Phi) is 7.25. The van der Waals surface area contributed by atoms with Crippen LogP contribution in [0.25, 0.3) is 0 Å². The van der Waals surface area contributed by atoms with E-state index in [0.29, 0.717) is 23.0 Å². The number of fused-ring (bicyclic) bond motifs is 2. The predicted molar refractivity (Wildman–Crippen MR) is 144 cm³/mol. The summed E-state index contributed by atoms with van der Waals surface area (Å²) in [5.74, 6) is 1.86. The van der Waals surface area contributed by atoms with Gasteiger partial charge in [0.2, 0.25) is 18.8 Å². The van der Waals surface area contributed by atoms with E-state index in [1.165, 1.54) is 6.42 Å². The number of benzene rings is 3. The van der Waals surface area contributed by atoms with Gasteiger partial charge in [-0.05, 0) is 48.2 Å². The van der Waals surface area contributed by atoms with Crippen molar-refractivity contribution in [2.75, 3.05) is 13.4 Å². The first kappa shape index (κ1) is 25.1. The zero-order chi connectivity index (χ0) is 26.6. The first-order chi connectivity index (χ1) is 19.2. The Morgan fingerprint density at radius 3 is 2.36 bits per heavy atom. The van der Waals surface area contributed by atoms with E-state index in [0.717, 1.165) is 36.8 Å². The van der Waals surface area contributed by atoms with Crippen molar-refractivity contribution in [2.24, 2.45) is 0 Å². The number of nitrogens with zero attached hydrogens (tertiary/aromatic N) is 1. The molecule has 0 radical (unpaired) electrons. The van der Waals surface area contributed by atoms with E-state index in [-0.39, 0.29) is 37.8 Å². The molecule has 2 atom stereocenters. The molecule has 1 fully saturated rings. The molecule has 1 N–H and O–H groups in total. The monoisotopic (exact) mass is 528 g/mol. The Morgan fingerprint density at radius 1 is 0.821 bits per heavy atom. The van der Waals surface area contributed by atoms with E-state index in [9.17, 15) is 9.59 Å². The summed E-state index contributed by atoms with van der Waals surface area (Å²) in [4.78, 5) is 29.8. The fraction of sp³-hybridized carbons (Fsp3) is 0.355. The van der Waals surface area contributed by atoms with Crippen molar-refractivity contribution in [3.05, 3.63) is 83.9 Å². The molecule has 2 heterocycles. The predicted octanol–water partition coefficient (Wildman–Crippen LogP) is 4.77. The maximum atomic E-state index is 14.2. The Morgan fingerprint density at radius 2 is 1.54 bits per heavy atom. The van der Waals surface area contributed by atoms with Gasteiger partial charge in [0.25, 0.3) is 5.91 Å². The number of carbonyl (C=O) groups excluding carboxylic acids is 2. The molecule has 2 unspecified atom stereocenters. The van der Waals surface area contributed by atoms with Gasteiger partial charge in [-0.1, -0.05) is 67.8 Å². The third kappa shape index (κ3) is 5.50. The van der Waals surface area contributed by atoms with E-state index >= 15 is 0 Å². The molecule has 39 heavy (non-hydrogen) atoms. The van der Waals surface area contributed by atoms with Gasteiger partial charge in [0.05, 0.1) is 0 Å². The molecule has 8 nitrogen and oxygen atoms in total. The number of nitrogens with one attached hydrogen (secondary N) is 1. The molecule has 0 saturated heterocycles. The van der Waals surface area contributed by atoms with Crippen LogP contribution < -0.4 is 24.3 Å². The first-order valence-corrected chi connectivity index (χ1v) is 13.6. The van der Waals surface area contributed by atoms with Crippen LogP contribution in [0.3, 0.4) is 0 Å². The fourth-order valence-corrected chi connectivity index (χ4v) is 5.49. The van der Waals surface area contributed by atoms with Crippen LogP contribution in [0.2, 0.25) is 0 Å². The Bertz CT molecular complexity index is 1320. The number of amides is 2. The van der Waals surface area contributed by atoms with E-state index in [4.69, 9.17) is 18.9 Å². The van der Waals surface area contributed by atoms with Crippen LogP contribution in [-0.4, -0.2) is 42.3 Å². The molecule has 1 saturated carbocycles. The molecule has 0 spiro atoms. The molecule has 0 bridgehead atoms. The SMILES string of the molecule is O=C(NC1CCCCC1)C(c1ccccc1)N(Cc1ccc2c(c1)OCO2)C(=O)C1COc2ccccc2O1. The Labute approximate surface area is 227 Å². The molecular weight excluding hydrogens is 496 g/mol. The summed E-state index contributed by atoms with van der Waals surface area (Å²) in [7, 11) is 0. The summed E-state index contributed by atoms with van der Waals surface area (Å²) in [6, 6.07) is 21.6. The van der Waals surface area contributed by atoms with Crippen molar-refractivity contribution >= 4 is 11.8 Å². The molecule has 3 aromatic rings. The number of hydrogen-bond acceptors (Lipinski definition) is 6. The van der Waals surface area contributed by atoms with Gasteiger partial charge >= 0.3 is 0 Å². The smallest absolute Gasteiger partial charge is 0.268 e. The van der Waals surface area contributed by atoms with Gasteiger partial charge in [-0.25, -0.2) is 0 Å². The molecule has 8 heteroatoms. The number of carbonyl (C=O) groups is 2. The van der Waals surface area contributed by atoms with Crippen LogP contribution in [0.1, 0.15) is 49.3 Å². The number of ether oxygens (including phenoxy) is 4. The molecule has 6 rings (SSSR count). The largest absolute Gasteiger partial charge is 0.485 e. The minimum absolute atomic E-state index is 0.0548. The number of rotatable bonds is 7. The van der Waals surface area contributed by atoms with Crippen LogP contribution in [0.15, 0.2) is 72.8 Å². The number of para-hydroxylation sites is 2. The van der Waals surface area contributed by atoms with Crippen LogP contribution in [0.4, 0.5) is 0 Å². The summed E-state index contributed by atoms with van der Waals surface area (Å²) in [5.41, 5.74) is 1.55. The summed E-state index contributed by atoms with van der Waals surface area (Å²) >= 11 is 0. The molecule has 3 aromatic carbocycles. The van der Waals surface area contributed by atoms with Crippen LogP contribution >= 0.6 is 0 Å². The highest BCUT2D eigenvalue weighted by Gasteiger charge is 2.39. The molecule has 202 valence electrons. The highest BCUT2D eigenvalue weighted by atomic mass is 16.7. The lowest BCUT2D eigenvalue weighted by molar-refractivity contribution is -0.149. The minimum atomic E-state index is -0.900. The summed E-state index contributed by atoms with van der Waals surface area (Å²) in [6.45, 7) is 0.387. The van der Waals surface area contributed by atoms with Gasteiger partial charge < -0.3 is 29.2 Å². The van der Waals surface area contributed by atoms with Crippen molar-refractivity contribution < 1.29 is 28.5 Å². The number of hydrogen-bond donors (Lipinski definition) is 1. The van der Waals surface area contributed by atoms with Crippen molar-refractivity contribution in [3.63, 3.8) is 0 Å². The summed E-state index contributed by atoms with van der Waals surface area (Å²) in [5, 5.41) is 3.25. The molecule has 3 aliphatic rings. The second kappa shape index (κ2) is 11.3. The van der Waals surface area contributed by atoms with E-state index in [1.807, 2.05) is 66.7 Å². The zero-order valence-corrected chi connectivity index (χ0v) is 21.7. The second-order valence-electron chi connectivity index (χ2n) is 10.2. The lowest BCUT2D eigenvalue weighted by Gasteiger charge is -2.36. The van der Waals surface area contributed by atoms with E-state index in [2.05, 4.69) is 5.32 Å². The molecular formula is C31H32N2O6. The third-order valence-corrected chi connectivity index (χ3v) is 7.48. The molecule has 1 aliphatic carbocycles. The fourth-order valence-electron chi connectivity index (χ4n) is 5.49. The topological polar surface area (TPSA) is 86.3 Å². The lowest BCUT2D eigenvalue weighted by Crippen LogP contribution is -2.52. The Hall–Kier alpha value is -4.20.